The summed E-state index contributed by atoms with van der Waals surface area (Å²) in [6, 6.07) is 6.49. The van der Waals surface area contributed by atoms with E-state index in [2.05, 4.69) is 23.7 Å². The van der Waals surface area contributed by atoms with Crippen molar-refractivity contribution in [3.8, 4) is 0 Å². The van der Waals surface area contributed by atoms with Crippen molar-refractivity contribution in [1.29, 1.82) is 0 Å². The predicted octanol–water partition coefficient (Wildman–Crippen LogP) is 2.54. The molecule has 1 aromatic rings. The summed E-state index contributed by atoms with van der Waals surface area (Å²) in [5, 5.41) is 0. The second kappa shape index (κ2) is 4.57. The molecule has 3 nitrogen and oxygen atoms in total. The molecule has 0 unspecified atom stereocenters. The lowest BCUT2D eigenvalue weighted by Gasteiger charge is -2.38. The molecular formula is C16H20N2O. The van der Waals surface area contributed by atoms with Gasteiger partial charge in [-0.05, 0) is 31.1 Å². The lowest BCUT2D eigenvalue weighted by molar-refractivity contribution is -0.126. The van der Waals surface area contributed by atoms with Gasteiger partial charge in [-0.3, -0.25) is 14.7 Å². The molecule has 1 saturated heterocycles. The Hall–Kier alpha value is -1.48. The van der Waals surface area contributed by atoms with Crippen LogP contribution in [0, 0.1) is 5.41 Å². The van der Waals surface area contributed by atoms with E-state index in [0.29, 0.717) is 6.04 Å². The van der Waals surface area contributed by atoms with E-state index < -0.39 is 0 Å². The monoisotopic (exact) mass is 256 g/mol. The number of hydrogen-bond acceptors (Lipinski definition) is 3. The highest BCUT2D eigenvalue weighted by Gasteiger charge is 2.42. The highest BCUT2D eigenvalue weighted by molar-refractivity contribution is 6.04. The summed E-state index contributed by atoms with van der Waals surface area (Å²) in [4.78, 5) is 19.3. The number of rotatable bonds is 2. The molecule has 1 aliphatic carbocycles. The van der Waals surface area contributed by atoms with Crippen LogP contribution in [-0.2, 0) is 4.79 Å². The number of ketones is 1. The number of Topliss-reactive ketones (excluding diaryl/α,β-unsaturated/α-hetero) is 1. The largest absolute Gasteiger partial charge is 0.295 e. The van der Waals surface area contributed by atoms with E-state index in [1.54, 1.807) is 6.20 Å². The maximum Gasteiger partial charge on any atom is 0.167 e. The number of aromatic nitrogens is 1. The zero-order valence-corrected chi connectivity index (χ0v) is 11.6. The second-order valence-electron chi connectivity index (χ2n) is 6.27. The fourth-order valence-corrected chi connectivity index (χ4v) is 2.81. The van der Waals surface area contributed by atoms with Crippen LogP contribution >= 0.6 is 0 Å². The average Bonchev–Trinajstić information content (AvgIpc) is 3.20. The van der Waals surface area contributed by atoms with Crippen LogP contribution in [0.1, 0.15) is 32.4 Å². The van der Waals surface area contributed by atoms with Gasteiger partial charge in [0.05, 0.1) is 5.69 Å². The molecule has 0 amide bonds. The zero-order chi connectivity index (χ0) is 13.5. The van der Waals surface area contributed by atoms with E-state index in [-0.39, 0.29) is 11.2 Å². The van der Waals surface area contributed by atoms with Gasteiger partial charge in [-0.25, -0.2) is 0 Å². The Bertz CT molecular complexity index is 515. The molecule has 1 saturated carbocycles. The fraction of sp³-hybridized carbons (Fsp3) is 0.500. The molecule has 0 N–H and O–H groups in total. The first-order valence-electron chi connectivity index (χ1n) is 6.97. The van der Waals surface area contributed by atoms with Crippen molar-refractivity contribution in [2.45, 2.75) is 32.7 Å². The Morgan fingerprint density at radius 2 is 2.16 bits per heavy atom. The number of pyridine rings is 1. The van der Waals surface area contributed by atoms with Gasteiger partial charge in [0.15, 0.2) is 5.78 Å². The van der Waals surface area contributed by atoms with Crippen LogP contribution in [0.4, 0.5) is 0 Å². The van der Waals surface area contributed by atoms with Crippen LogP contribution in [0.3, 0.4) is 0 Å². The molecular weight excluding hydrogens is 236 g/mol. The molecule has 3 heteroatoms. The maximum absolute atomic E-state index is 12.5. The van der Waals surface area contributed by atoms with Gasteiger partial charge < -0.3 is 0 Å². The first kappa shape index (κ1) is 12.5. The van der Waals surface area contributed by atoms with Crippen molar-refractivity contribution in [3.63, 3.8) is 0 Å². The Morgan fingerprint density at radius 3 is 2.79 bits per heavy atom. The molecule has 0 spiro atoms. The van der Waals surface area contributed by atoms with Crippen LogP contribution in [0.2, 0.25) is 0 Å². The molecule has 0 bridgehead atoms. The normalized spacial score (nSPS) is 25.8. The van der Waals surface area contributed by atoms with Crippen molar-refractivity contribution in [3.05, 3.63) is 35.7 Å². The van der Waals surface area contributed by atoms with Gasteiger partial charge in [-0.15, -0.1) is 0 Å². The van der Waals surface area contributed by atoms with Crippen molar-refractivity contribution in [1.82, 2.24) is 9.88 Å². The number of piperidine rings is 1. The molecule has 100 valence electrons. The zero-order valence-electron chi connectivity index (χ0n) is 11.6. The molecule has 2 heterocycles. The van der Waals surface area contributed by atoms with Crippen molar-refractivity contribution in [2.24, 2.45) is 5.41 Å². The van der Waals surface area contributed by atoms with Gasteiger partial charge in [-0.1, -0.05) is 19.9 Å². The number of carbonyl (C=O) groups is 1. The SMILES string of the molecule is CC1(C)CN(C2CC2)C/C(=C/c2ccccn2)C1=O. The van der Waals surface area contributed by atoms with Crippen LogP contribution in [-0.4, -0.2) is 34.8 Å². The van der Waals surface area contributed by atoms with Crippen LogP contribution in [0.5, 0.6) is 0 Å². The van der Waals surface area contributed by atoms with Gasteiger partial charge in [0, 0.05) is 36.3 Å². The van der Waals surface area contributed by atoms with Gasteiger partial charge in [0.2, 0.25) is 0 Å². The molecule has 0 aromatic carbocycles. The average molecular weight is 256 g/mol. The quantitative estimate of drug-likeness (QED) is 0.762. The summed E-state index contributed by atoms with van der Waals surface area (Å²) in [5.41, 5.74) is 1.50. The first-order chi connectivity index (χ1) is 9.06. The lowest BCUT2D eigenvalue weighted by atomic mass is 9.79. The molecule has 3 rings (SSSR count). The highest BCUT2D eigenvalue weighted by atomic mass is 16.1. The third-order valence-corrected chi connectivity index (χ3v) is 3.95. The third kappa shape index (κ3) is 2.61. The van der Waals surface area contributed by atoms with Gasteiger partial charge in [0.1, 0.15) is 0 Å². The maximum atomic E-state index is 12.5. The van der Waals surface area contributed by atoms with E-state index in [0.717, 1.165) is 24.4 Å². The van der Waals surface area contributed by atoms with Gasteiger partial charge in [-0.2, -0.15) is 0 Å². The van der Waals surface area contributed by atoms with E-state index in [9.17, 15) is 4.79 Å². The number of likely N-dealkylation sites (tertiary alicyclic amines) is 1. The van der Waals surface area contributed by atoms with E-state index in [1.807, 2.05) is 24.3 Å². The minimum Gasteiger partial charge on any atom is -0.295 e. The number of nitrogens with zero attached hydrogens (tertiary/aromatic N) is 2. The first-order valence-corrected chi connectivity index (χ1v) is 6.97. The Labute approximate surface area is 114 Å². The van der Waals surface area contributed by atoms with Crippen LogP contribution in [0.25, 0.3) is 6.08 Å². The summed E-state index contributed by atoms with van der Waals surface area (Å²) < 4.78 is 0. The highest BCUT2D eigenvalue weighted by Crippen LogP contribution is 2.36. The van der Waals surface area contributed by atoms with Crippen molar-refractivity contribution >= 4 is 11.9 Å². The summed E-state index contributed by atoms with van der Waals surface area (Å²) in [6.45, 7) is 5.77. The Kier molecular flexibility index (Phi) is 3.02. The number of carbonyl (C=O) groups excluding carboxylic acids is 1. The molecule has 0 radical (unpaired) electrons. The fourth-order valence-electron chi connectivity index (χ4n) is 2.81. The summed E-state index contributed by atoms with van der Waals surface area (Å²) >= 11 is 0. The standard InChI is InChI=1S/C16H20N2O/c1-16(2)11-18(14-6-7-14)10-12(15(16)19)9-13-5-3-4-8-17-13/h3-5,8-9,14H,6-7,10-11H2,1-2H3/b12-9-. The van der Waals surface area contributed by atoms with E-state index >= 15 is 0 Å². The molecule has 1 aliphatic heterocycles. The Morgan fingerprint density at radius 1 is 1.37 bits per heavy atom. The van der Waals surface area contributed by atoms with Gasteiger partial charge in [0.25, 0.3) is 0 Å². The Balaban J connectivity index is 1.90. The summed E-state index contributed by atoms with van der Waals surface area (Å²) in [5.74, 6) is 0.273. The topological polar surface area (TPSA) is 33.2 Å². The van der Waals surface area contributed by atoms with Gasteiger partial charge >= 0.3 is 0 Å². The van der Waals surface area contributed by atoms with Crippen molar-refractivity contribution < 1.29 is 4.79 Å². The predicted molar refractivity (Wildman–Crippen MR) is 75.6 cm³/mol. The lowest BCUT2D eigenvalue weighted by Crippen LogP contribution is -2.48. The minimum atomic E-state index is -0.276. The van der Waals surface area contributed by atoms with Crippen LogP contribution < -0.4 is 0 Å². The molecule has 0 atom stereocenters. The summed E-state index contributed by atoms with van der Waals surface area (Å²) in [7, 11) is 0. The van der Waals surface area contributed by atoms with E-state index in [4.69, 9.17) is 0 Å². The number of hydrogen-bond donors (Lipinski definition) is 0. The van der Waals surface area contributed by atoms with E-state index in [1.165, 1.54) is 12.8 Å². The third-order valence-electron chi connectivity index (χ3n) is 3.95. The molecule has 2 fully saturated rings. The molecule has 19 heavy (non-hydrogen) atoms. The smallest absolute Gasteiger partial charge is 0.167 e. The minimum absolute atomic E-state index is 0.273. The molecule has 2 aliphatic rings. The van der Waals surface area contributed by atoms with Crippen LogP contribution in [0.15, 0.2) is 30.0 Å². The second-order valence-corrected chi connectivity index (χ2v) is 6.27. The summed E-state index contributed by atoms with van der Waals surface area (Å²) in [6.07, 6.45) is 6.28. The van der Waals surface area contributed by atoms with Crippen molar-refractivity contribution in [2.75, 3.05) is 13.1 Å². The molecule has 1 aromatic heterocycles.